The number of hydrogen-bond acceptors (Lipinski definition) is 4. The third kappa shape index (κ3) is 3.83. The first-order valence-corrected chi connectivity index (χ1v) is 8.29. The zero-order valence-corrected chi connectivity index (χ0v) is 14.3. The van der Waals surface area contributed by atoms with Crippen LogP contribution in [0.4, 0.5) is 11.4 Å². The molecule has 134 valence electrons. The van der Waals surface area contributed by atoms with E-state index < -0.39 is 0 Å². The van der Waals surface area contributed by atoms with Gasteiger partial charge in [-0.05, 0) is 31.2 Å². The van der Waals surface area contributed by atoms with Crippen molar-refractivity contribution < 1.29 is 19.1 Å². The smallest absolute Gasteiger partial charge is 0.265 e. The molecular formula is C19H19N3O4. The summed E-state index contributed by atoms with van der Waals surface area (Å²) in [6, 6.07) is 13.8. The lowest BCUT2D eigenvalue weighted by atomic mass is 10.2. The Morgan fingerprint density at radius 2 is 1.92 bits per heavy atom. The summed E-state index contributed by atoms with van der Waals surface area (Å²) >= 11 is 0. The van der Waals surface area contributed by atoms with Gasteiger partial charge in [-0.2, -0.15) is 0 Å². The number of ether oxygens (including phenoxy) is 1. The predicted molar refractivity (Wildman–Crippen MR) is 97.4 cm³/mol. The molecule has 0 saturated carbocycles. The number of carbonyl (C=O) groups excluding carboxylic acids is 3. The fraction of sp³-hybridized carbons (Fsp3) is 0.211. The number of rotatable bonds is 5. The Hall–Kier alpha value is -3.35. The van der Waals surface area contributed by atoms with E-state index >= 15 is 0 Å². The van der Waals surface area contributed by atoms with Crippen LogP contribution in [0.25, 0.3) is 0 Å². The minimum absolute atomic E-state index is 0.0224. The number of anilines is 2. The molecule has 0 radical (unpaired) electrons. The quantitative estimate of drug-likeness (QED) is 0.858. The average Bonchev–Trinajstić information content (AvgIpc) is 2.67. The van der Waals surface area contributed by atoms with Crippen LogP contribution in [0.5, 0.6) is 5.75 Å². The molecule has 3 rings (SSSR count). The van der Waals surface area contributed by atoms with Crippen LogP contribution in [0, 0.1) is 0 Å². The minimum Gasteiger partial charge on any atom is -0.481 e. The van der Waals surface area contributed by atoms with Crippen molar-refractivity contribution in [2.45, 2.75) is 6.92 Å². The molecule has 1 aliphatic rings. The van der Waals surface area contributed by atoms with Crippen LogP contribution in [0.1, 0.15) is 17.3 Å². The van der Waals surface area contributed by atoms with E-state index in [1.165, 1.54) is 0 Å². The van der Waals surface area contributed by atoms with Gasteiger partial charge in [0.25, 0.3) is 11.8 Å². The number of benzene rings is 2. The Morgan fingerprint density at radius 1 is 1.15 bits per heavy atom. The van der Waals surface area contributed by atoms with E-state index in [1.54, 1.807) is 47.4 Å². The average molecular weight is 353 g/mol. The van der Waals surface area contributed by atoms with E-state index in [2.05, 4.69) is 10.6 Å². The lowest BCUT2D eigenvalue weighted by Crippen LogP contribution is -2.38. The maximum absolute atomic E-state index is 12.1. The summed E-state index contributed by atoms with van der Waals surface area (Å²) in [5.74, 6) is -0.224. The van der Waals surface area contributed by atoms with Crippen LogP contribution in [-0.4, -0.2) is 37.4 Å². The normalized spacial score (nSPS) is 12.8. The Kier molecular flexibility index (Phi) is 5.17. The molecule has 0 fully saturated rings. The van der Waals surface area contributed by atoms with Gasteiger partial charge < -0.3 is 20.3 Å². The van der Waals surface area contributed by atoms with Crippen molar-refractivity contribution in [3.63, 3.8) is 0 Å². The molecule has 2 N–H and O–H groups in total. The molecular weight excluding hydrogens is 334 g/mol. The Labute approximate surface area is 150 Å². The van der Waals surface area contributed by atoms with Gasteiger partial charge in [0, 0.05) is 23.9 Å². The van der Waals surface area contributed by atoms with Gasteiger partial charge in [-0.25, -0.2) is 0 Å². The van der Waals surface area contributed by atoms with Crippen LogP contribution < -0.4 is 20.3 Å². The molecule has 3 amide bonds. The first kappa shape index (κ1) is 17.5. The summed E-state index contributed by atoms with van der Waals surface area (Å²) in [7, 11) is 0. The third-order valence-corrected chi connectivity index (χ3v) is 3.95. The summed E-state index contributed by atoms with van der Waals surface area (Å²) in [6.07, 6.45) is 0. The molecule has 0 aliphatic carbocycles. The van der Waals surface area contributed by atoms with E-state index in [-0.39, 0.29) is 30.9 Å². The zero-order chi connectivity index (χ0) is 18.5. The zero-order valence-electron chi connectivity index (χ0n) is 14.3. The molecule has 1 aliphatic heterocycles. The highest BCUT2D eigenvalue weighted by Crippen LogP contribution is 2.34. The van der Waals surface area contributed by atoms with Gasteiger partial charge in [0.05, 0.1) is 12.2 Å². The molecule has 7 nitrogen and oxygen atoms in total. The van der Waals surface area contributed by atoms with Gasteiger partial charge in [-0.1, -0.05) is 18.2 Å². The minimum atomic E-state index is -0.353. The maximum Gasteiger partial charge on any atom is 0.265 e. The highest BCUT2D eigenvalue weighted by Gasteiger charge is 2.24. The van der Waals surface area contributed by atoms with Gasteiger partial charge >= 0.3 is 0 Å². The summed E-state index contributed by atoms with van der Waals surface area (Å²) in [5.41, 5.74) is 1.71. The number of nitrogens with one attached hydrogen (secondary N) is 2. The van der Waals surface area contributed by atoms with Crippen LogP contribution in [0.2, 0.25) is 0 Å². The van der Waals surface area contributed by atoms with Crippen LogP contribution in [-0.2, 0) is 9.59 Å². The lowest BCUT2D eigenvalue weighted by molar-refractivity contribution is -0.121. The molecule has 0 saturated heterocycles. The first-order chi connectivity index (χ1) is 12.6. The number of nitrogens with zero attached hydrogens (tertiary/aromatic N) is 1. The molecule has 2 aromatic rings. The Bertz CT molecular complexity index is 836. The molecule has 0 spiro atoms. The van der Waals surface area contributed by atoms with Crippen LogP contribution >= 0.6 is 0 Å². The first-order valence-electron chi connectivity index (χ1n) is 8.29. The topological polar surface area (TPSA) is 87.7 Å². The molecule has 0 aromatic heterocycles. The van der Waals surface area contributed by atoms with Crippen molar-refractivity contribution in [2.75, 3.05) is 29.9 Å². The second kappa shape index (κ2) is 7.69. The number of likely N-dealkylation sites (N-methyl/N-ethyl adjacent to an activating group) is 1. The molecule has 1 heterocycles. The number of carbonyl (C=O) groups is 3. The summed E-state index contributed by atoms with van der Waals surface area (Å²) in [5, 5.41) is 5.27. The Balaban J connectivity index is 1.60. The Morgan fingerprint density at radius 3 is 2.65 bits per heavy atom. The number of fused-ring (bicyclic) bond motifs is 1. The van der Waals surface area contributed by atoms with Crippen molar-refractivity contribution in [2.24, 2.45) is 0 Å². The van der Waals surface area contributed by atoms with E-state index in [0.29, 0.717) is 29.2 Å². The summed E-state index contributed by atoms with van der Waals surface area (Å²) in [6.45, 7) is 2.27. The predicted octanol–water partition coefficient (Wildman–Crippen LogP) is 1.80. The van der Waals surface area contributed by atoms with Gasteiger partial charge in [-0.15, -0.1) is 0 Å². The fourth-order valence-electron chi connectivity index (χ4n) is 2.69. The summed E-state index contributed by atoms with van der Waals surface area (Å²) < 4.78 is 5.43. The molecule has 7 heteroatoms. The molecule has 0 unspecified atom stereocenters. The molecule has 0 bridgehead atoms. The van der Waals surface area contributed by atoms with Crippen molar-refractivity contribution in [1.82, 2.24) is 5.32 Å². The van der Waals surface area contributed by atoms with Gasteiger partial charge in [0.15, 0.2) is 6.61 Å². The SMILES string of the molecule is CCN1C(=O)COc2cc(NC(=O)CNC(=O)c3ccccc3)ccc21. The molecule has 2 aromatic carbocycles. The summed E-state index contributed by atoms with van der Waals surface area (Å²) in [4.78, 5) is 37.4. The fourth-order valence-corrected chi connectivity index (χ4v) is 2.69. The van der Waals surface area contributed by atoms with E-state index in [0.717, 1.165) is 0 Å². The van der Waals surface area contributed by atoms with Gasteiger partial charge in [0.1, 0.15) is 5.75 Å². The van der Waals surface area contributed by atoms with E-state index in [9.17, 15) is 14.4 Å². The monoisotopic (exact) mass is 353 g/mol. The van der Waals surface area contributed by atoms with Crippen molar-refractivity contribution in [3.05, 3.63) is 54.1 Å². The van der Waals surface area contributed by atoms with Crippen molar-refractivity contribution >= 4 is 29.1 Å². The highest BCUT2D eigenvalue weighted by molar-refractivity contribution is 6.01. The maximum atomic E-state index is 12.1. The third-order valence-electron chi connectivity index (χ3n) is 3.95. The number of amides is 3. The van der Waals surface area contributed by atoms with Crippen LogP contribution in [0.3, 0.4) is 0 Å². The second-order valence-electron chi connectivity index (χ2n) is 5.71. The number of hydrogen-bond donors (Lipinski definition) is 2. The van der Waals surface area contributed by atoms with Gasteiger partial charge in [-0.3, -0.25) is 14.4 Å². The lowest BCUT2D eigenvalue weighted by Gasteiger charge is -2.28. The highest BCUT2D eigenvalue weighted by atomic mass is 16.5. The molecule has 26 heavy (non-hydrogen) atoms. The van der Waals surface area contributed by atoms with E-state index in [4.69, 9.17) is 4.74 Å². The second-order valence-corrected chi connectivity index (χ2v) is 5.71. The molecule has 0 atom stereocenters. The van der Waals surface area contributed by atoms with Crippen molar-refractivity contribution in [1.29, 1.82) is 0 Å². The van der Waals surface area contributed by atoms with Crippen LogP contribution in [0.15, 0.2) is 48.5 Å². The van der Waals surface area contributed by atoms with Crippen molar-refractivity contribution in [3.8, 4) is 5.75 Å². The van der Waals surface area contributed by atoms with E-state index in [1.807, 2.05) is 13.0 Å². The van der Waals surface area contributed by atoms with Gasteiger partial charge in [0.2, 0.25) is 5.91 Å². The standard InChI is InChI=1S/C19H19N3O4/c1-2-22-15-9-8-14(10-16(15)26-12-18(22)24)21-17(23)11-20-19(25)13-6-4-3-5-7-13/h3-10H,2,11-12H2,1H3,(H,20,25)(H,21,23). The largest absolute Gasteiger partial charge is 0.481 e.